The molecule has 3 heteroatoms. The molecular weight excluding hydrogens is 227 g/mol. The molecule has 0 aromatic heterocycles. The van der Waals surface area contributed by atoms with E-state index in [-0.39, 0.29) is 5.82 Å². The first kappa shape index (κ1) is 13.5. The van der Waals surface area contributed by atoms with E-state index >= 15 is 0 Å². The second-order valence-electron chi connectivity index (χ2n) is 5.36. The van der Waals surface area contributed by atoms with Crippen LogP contribution in [0.3, 0.4) is 0 Å². The van der Waals surface area contributed by atoms with Crippen molar-refractivity contribution in [3.05, 3.63) is 35.1 Å². The molecular formula is C15H23FN2. The lowest BCUT2D eigenvalue weighted by Gasteiger charge is -2.38. The Morgan fingerprint density at radius 3 is 2.89 bits per heavy atom. The maximum atomic E-state index is 13.1. The Hall–Kier alpha value is -0.930. The van der Waals surface area contributed by atoms with Gasteiger partial charge in [0.05, 0.1) is 0 Å². The standard InChI is InChI=1S/C15H23FN2/c1-4-15-10-18(12(3)8-17-15)9-13-5-6-14(16)7-11(13)2/h5-7,12,15,17H,4,8-10H2,1-3H3. The van der Waals surface area contributed by atoms with Crippen molar-refractivity contribution in [3.8, 4) is 0 Å². The van der Waals surface area contributed by atoms with Gasteiger partial charge in [0.2, 0.25) is 0 Å². The number of benzene rings is 1. The third-order valence-electron chi connectivity index (χ3n) is 3.95. The van der Waals surface area contributed by atoms with E-state index in [1.165, 1.54) is 5.56 Å². The zero-order valence-corrected chi connectivity index (χ0v) is 11.5. The van der Waals surface area contributed by atoms with Crippen LogP contribution < -0.4 is 5.32 Å². The number of nitrogens with zero attached hydrogens (tertiary/aromatic N) is 1. The fourth-order valence-electron chi connectivity index (χ4n) is 2.54. The molecule has 1 saturated heterocycles. The zero-order valence-electron chi connectivity index (χ0n) is 11.5. The van der Waals surface area contributed by atoms with Crippen LogP contribution in [-0.2, 0) is 6.54 Å². The summed E-state index contributed by atoms with van der Waals surface area (Å²) in [5.41, 5.74) is 2.29. The molecule has 1 heterocycles. The summed E-state index contributed by atoms with van der Waals surface area (Å²) in [5, 5.41) is 3.56. The highest BCUT2D eigenvalue weighted by molar-refractivity contribution is 5.26. The molecule has 0 saturated carbocycles. The molecule has 0 amide bonds. The van der Waals surface area contributed by atoms with E-state index in [0.29, 0.717) is 12.1 Å². The predicted octanol–water partition coefficient (Wildman–Crippen LogP) is 2.71. The van der Waals surface area contributed by atoms with Gasteiger partial charge < -0.3 is 5.32 Å². The molecule has 2 nitrogen and oxygen atoms in total. The van der Waals surface area contributed by atoms with Gasteiger partial charge in [0.1, 0.15) is 5.82 Å². The molecule has 1 aliphatic rings. The molecule has 1 N–H and O–H groups in total. The van der Waals surface area contributed by atoms with E-state index in [0.717, 1.165) is 31.6 Å². The minimum Gasteiger partial charge on any atom is -0.311 e. The van der Waals surface area contributed by atoms with Crippen LogP contribution in [0.15, 0.2) is 18.2 Å². The van der Waals surface area contributed by atoms with E-state index in [1.807, 2.05) is 13.0 Å². The molecule has 100 valence electrons. The summed E-state index contributed by atoms with van der Waals surface area (Å²) >= 11 is 0. The molecule has 0 bridgehead atoms. The first-order valence-corrected chi connectivity index (χ1v) is 6.82. The van der Waals surface area contributed by atoms with Gasteiger partial charge in [-0.25, -0.2) is 4.39 Å². The molecule has 2 atom stereocenters. The number of nitrogens with one attached hydrogen (secondary N) is 1. The average molecular weight is 250 g/mol. The van der Waals surface area contributed by atoms with Gasteiger partial charge in [-0.1, -0.05) is 13.0 Å². The molecule has 1 aromatic carbocycles. The van der Waals surface area contributed by atoms with Gasteiger partial charge in [-0.05, 0) is 43.5 Å². The van der Waals surface area contributed by atoms with Crippen molar-refractivity contribution in [2.75, 3.05) is 13.1 Å². The number of hydrogen-bond donors (Lipinski definition) is 1. The fourth-order valence-corrected chi connectivity index (χ4v) is 2.54. The van der Waals surface area contributed by atoms with Crippen molar-refractivity contribution in [3.63, 3.8) is 0 Å². The fraction of sp³-hybridized carbons (Fsp3) is 0.600. The minimum absolute atomic E-state index is 0.143. The molecule has 2 rings (SSSR count). The molecule has 18 heavy (non-hydrogen) atoms. The number of piperazine rings is 1. The van der Waals surface area contributed by atoms with Crippen LogP contribution in [0.1, 0.15) is 31.4 Å². The van der Waals surface area contributed by atoms with Crippen molar-refractivity contribution < 1.29 is 4.39 Å². The van der Waals surface area contributed by atoms with Crippen LogP contribution in [0, 0.1) is 12.7 Å². The first-order valence-electron chi connectivity index (χ1n) is 6.82. The van der Waals surface area contributed by atoms with Crippen LogP contribution >= 0.6 is 0 Å². The SMILES string of the molecule is CCC1CN(Cc2ccc(F)cc2C)C(C)CN1. The summed E-state index contributed by atoms with van der Waals surface area (Å²) in [6.07, 6.45) is 1.16. The van der Waals surface area contributed by atoms with Gasteiger partial charge in [0.15, 0.2) is 0 Å². The lowest BCUT2D eigenvalue weighted by atomic mass is 10.0. The quantitative estimate of drug-likeness (QED) is 0.887. The third kappa shape index (κ3) is 3.09. The van der Waals surface area contributed by atoms with Crippen LogP contribution in [0.2, 0.25) is 0 Å². The molecule has 0 aliphatic carbocycles. The Kier molecular flexibility index (Phi) is 4.36. The Labute approximate surface area is 109 Å². The smallest absolute Gasteiger partial charge is 0.123 e. The van der Waals surface area contributed by atoms with E-state index in [1.54, 1.807) is 12.1 Å². The van der Waals surface area contributed by atoms with Crippen molar-refractivity contribution in [2.24, 2.45) is 0 Å². The maximum absolute atomic E-state index is 13.1. The van der Waals surface area contributed by atoms with Gasteiger partial charge >= 0.3 is 0 Å². The highest BCUT2D eigenvalue weighted by Crippen LogP contribution is 2.17. The molecule has 0 spiro atoms. The monoisotopic (exact) mass is 250 g/mol. The summed E-state index contributed by atoms with van der Waals surface area (Å²) in [7, 11) is 0. The average Bonchev–Trinajstić information content (AvgIpc) is 2.35. The Balaban J connectivity index is 2.07. The van der Waals surface area contributed by atoms with Crippen molar-refractivity contribution in [1.29, 1.82) is 0 Å². The largest absolute Gasteiger partial charge is 0.311 e. The van der Waals surface area contributed by atoms with Crippen molar-refractivity contribution >= 4 is 0 Å². The van der Waals surface area contributed by atoms with E-state index in [9.17, 15) is 4.39 Å². The number of rotatable bonds is 3. The molecule has 1 fully saturated rings. The summed E-state index contributed by atoms with van der Waals surface area (Å²) in [6.45, 7) is 9.49. The number of hydrogen-bond acceptors (Lipinski definition) is 2. The molecule has 2 unspecified atom stereocenters. The summed E-state index contributed by atoms with van der Waals surface area (Å²) < 4.78 is 13.1. The van der Waals surface area contributed by atoms with Gasteiger partial charge in [0.25, 0.3) is 0 Å². The minimum atomic E-state index is -0.143. The van der Waals surface area contributed by atoms with Gasteiger partial charge in [0, 0.05) is 31.7 Å². The van der Waals surface area contributed by atoms with E-state index in [2.05, 4.69) is 24.1 Å². The Morgan fingerprint density at radius 1 is 1.44 bits per heavy atom. The van der Waals surface area contributed by atoms with Gasteiger partial charge in [-0.3, -0.25) is 4.90 Å². The number of aryl methyl sites for hydroxylation is 1. The second kappa shape index (κ2) is 5.81. The van der Waals surface area contributed by atoms with Crippen LogP contribution in [0.5, 0.6) is 0 Å². The summed E-state index contributed by atoms with van der Waals surface area (Å²) in [5.74, 6) is -0.143. The molecule has 1 aliphatic heterocycles. The van der Waals surface area contributed by atoms with Crippen LogP contribution in [0.25, 0.3) is 0 Å². The summed E-state index contributed by atoms with van der Waals surface area (Å²) in [4.78, 5) is 2.49. The zero-order chi connectivity index (χ0) is 13.1. The van der Waals surface area contributed by atoms with Crippen LogP contribution in [-0.4, -0.2) is 30.1 Å². The Bertz CT molecular complexity index is 405. The van der Waals surface area contributed by atoms with Crippen molar-refractivity contribution in [2.45, 2.75) is 45.8 Å². The maximum Gasteiger partial charge on any atom is 0.123 e. The van der Waals surface area contributed by atoms with Gasteiger partial charge in [-0.15, -0.1) is 0 Å². The molecule has 0 radical (unpaired) electrons. The van der Waals surface area contributed by atoms with E-state index < -0.39 is 0 Å². The third-order valence-corrected chi connectivity index (χ3v) is 3.95. The predicted molar refractivity (Wildman–Crippen MR) is 73.1 cm³/mol. The van der Waals surface area contributed by atoms with E-state index in [4.69, 9.17) is 0 Å². The van der Waals surface area contributed by atoms with Crippen molar-refractivity contribution in [1.82, 2.24) is 10.2 Å². The lowest BCUT2D eigenvalue weighted by Crippen LogP contribution is -2.54. The lowest BCUT2D eigenvalue weighted by molar-refractivity contribution is 0.131. The van der Waals surface area contributed by atoms with Gasteiger partial charge in [-0.2, -0.15) is 0 Å². The highest BCUT2D eigenvalue weighted by Gasteiger charge is 2.24. The second-order valence-corrected chi connectivity index (χ2v) is 5.36. The topological polar surface area (TPSA) is 15.3 Å². The number of halogens is 1. The normalized spacial score (nSPS) is 25.3. The molecule has 1 aromatic rings. The Morgan fingerprint density at radius 2 is 2.22 bits per heavy atom. The summed E-state index contributed by atoms with van der Waals surface area (Å²) in [6, 6.07) is 6.23. The highest BCUT2D eigenvalue weighted by atomic mass is 19.1. The van der Waals surface area contributed by atoms with Crippen LogP contribution in [0.4, 0.5) is 4.39 Å². The first-order chi connectivity index (χ1) is 8.60.